The van der Waals surface area contributed by atoms with E-state index >= 15 is 0 Å². The van der Waals surface area contributed by atoms with Gasteiger partial charge < -0.3 is 9.32 Å². The van der Waals surface area contributed by atoms with Crippen molar-refractivity contribution in [2.24, 2.45) is 0 Å². The molecule has 1 aromatic heterocycles. The van der Waals surface area contributed by atoms with E-state index in [4.69, 9.17) is 16.0 Å². The minimum absolute atomic E-state index is 0.679. The minimum Gasteiger partial charge on any atom is -0.456 e. The predicted octanol–water partition coefficient (Wildman–Crippen LogP) is 8.02. The third-order valence-corrected chi connectivity index (χ3v) is 5.26. The van der Waals surface area contributed by atoms with E-state index in [-0.39, 0.29) is 0 Å². The molecule has 5 aromatic rings. The second-order valence-corrected chi connectivity index (χ2v) is 7.32. The van der Waals surface area contributed by atoms with Gasteiger partial charge in [-0.2, -0.15) is 0 Å². The van der Waals surface area contributed by atoms with Crippen LogP contribution in [0.1, 0.15) is 5.56 Å². The second-order valence-electron chi connectivity index (χ2n) is 6.88. The predicted molar refractivity (Wildman–Crippen MR) is 118 cm³/mol. The van der Waals surface area contributed by atoms with Gasteiger partial charge in [-0.05, 0) is 61.0 Å². The first-order valence-corrected chi connectivity index (χ1v) is 9.61. The molecule has 1 heterocycles. The Balaban J connectivity index is 1.79. The highest BCUT2D eigenvalue weighted by molar-refractivity contribution is 6.31. The molecule has 0 bridgehead atoms. The topological polar surface area (TPSA) is 16.4 Å². The Kier molecular flexibility index (Phi) is 4.07. The van der Waals surface area contributed by atoms with Gasteiger partial charge in [0.15, 0.2) is 0 Å². The number of hydrogen-bond donors (Lipinski definition) is 0. The number of anilines is 3. The lowest BCUT2D eigenvalue weighted by Gasteiger charge is -2.27. The van der Waals surface area contributed by atoms with Crippen LogP contribution in [0.4, 0.5) is 17.1 Å². The Hall–Kier alpha value is -3.23. The van der Waals surface area contributed by atoms with E-state index < -0.39 is 0 Å². The highest BCUT2D eigenvalue weighted by Crippen LogP contribution is 2.40. The van der Waals surface area contributed by atoms with Gasteiger partial charge in [0.1, 0.15) is 11.2 Å². The van der Waals surface area contributed by atoms with Crippen molar-refractivity contribution in [1.29, 1.82) is 0 Å². The van der Waals surface area contributed by atoms with E-state index in [1.807, 2.05) is 30.3 Å². The lowest BCUT2D eigenvalue weighted by molar-refractivity contribution is 0.668. The average Bonchev–Trinajstić information content (AvgIpc) is 3.06. The molecule has 0 spiro atoms. The fourth-order valence-corrected chi connectivity index (χ4v) is 3.87. The van der Waals surface area contributed by atoms with E-state index in [1.165, 1.54) is 0 Å². The van der Waals surface area contributed by atoms with Crippen LogP contribution >= 0.6 is 11.6 Å². The van der Waals surface area contributed by atoms with Crippen molar-refractivity contribution in [3.8, 4) is 0 Å². The number of hydrogen-bond acceptors (Lipinski definition) is 2. The van der Waals surface area contributed by atoms with E-state index in [0.29, 0.717) is 5.02 Å². The van der Waals surface area contributed by atoms with Crippen LogP contribution in [0.2, 0.25) is 5.02 Å². The van der Waals surface area contributed by atoms with E-state index in [2.05, 4.69) is 72.5 Å². The lowest BCUT2D eigenvalue weighted by Crippen LogP contribution is -2.11. The summed E-state index contributed by atoms with van der Waals surface area (Å²) in [6.45, 7) is 2.12. The first kappa shape index (κ1) is 16.9. The molecule has 3 heteroatoms. The van der Waals surface area contributed by atoms with Crippen molar-refractivity contribution in [3.63, 3.8) is 0 Å². The number of nitrogens with zero attached hydrogens (tertiary/aromatic N) is 1. The van der Waals surface area contributed by atoms with Crippen LogP contribution in [0, 0.1) is 6.92 Å². The fourth-order valence-electron chi connectivity index (χ4n) is 3.71. The third kappa shape index (κ3) is 2.83. The highest BCUT2D eigenvalue weighted by atomic mass is 35.5. The Morgan fingerprint density at radius 2 is 1.29 bits per heavy atom. The molecule has 0 N–H and O–H groups in total. The van der Waals surface area contributed by atoms with Crippen LogP contribution in [0.15, 0.2) is 95.4 Å². The standard InChI is InChI=1S/C25H18ClNO/c1-17-14-24-22(21-13-12-18(26)15-25(21)28-24)16-23(17)27(19-8-4-2-5-9-19)20-10-6-3-7-11-20/h2-16H,1H3. The van der Waals surface area contributed by atoms with Gasteiger partial charge in [0.25, 0.3) is 0 Å². The van der Waals surface area contributed by atoms with Gasteiger partial charge in [0.05, 0.1) is 0 Å². The van der Waals surface area contributed by atoms with Crippen molar-refractivity contribution >= 4 is 50.6 Å². The summed E-state index contributed by atoms with van der Waals surface area (Å²) in [4.78, 5) is 2.28. The molecule has 0 aliphatic heterocycles. The number of furan rings is 1. The maximum Gasteiger partial charge on any atom is 0.136 e. The summed E-state index contributed by atoms with van der Waals surface area (Å²) in [7, 11) is 0. The molecule has 0 atom stereocenters. The lowest BCUT2D eigenvalue weighted by atomic mass is 10.1. The van der Waals surface area contributed by atoms with Gasteiger partial charge >= 0.3 is 0 Å². The van der Waals surface area contributed by atoms with E-state index in [9.17, 15) is 0 Å². The van der Waals surface area contributed by atoms with Crippen molar-refractivity contribution < 1.29 is 4.42 Å². The molecule has 0 aliphatic rings. The molecule has 0 fully saturated rings. The molecule has 4 aromatic carbocycles. The quantitative estimate of drug-likeness (QED) is 0.313. The highest BCUT2D eigenvalue weighted by Gasteiger charge is 2.17. The molecule has 0 unspecified atom stereocenters. The average molecular weight is 384 g/mol. The van der Waals surface area contributed by atoms with Crippen LogP contribution in [-0.2, 0) is 0 Å². The summed E-state index contributed by atoms with van der Waals surface area (Å²) in [5.41, 5.74) is 6.19. The SMILES string of the molecule is Cc1cc2oc3cc(Cl)ccc3c2cc1N(c1ccccc1)c1ccccc1. The van der Waals surface area contributed by atoms with Crippen LogP contribution in [0.5, 0.6) is 0 Å². The molecular weight excluding hydrogens is 366 g/mol. The van der Waals surface area contributed by atoms with Gasteiger partial charge in [0, 0.05) is 38.9 Å². The van der Waals surface area contributed by atoms with Gasteiger partial charge in [-0.15, -0.1) is 0 Å². The van der Waals surface area contributed by atoms with Crippen LogP contribution in [-0.4, -0.2) is 0 Å². The van der Waals surface area contributed by atoms with Crippen LogP contribution in [0.3, 0.4) is 0 Å². The molecule has 0 radical (unpaired) electrons. The minimum atomic E-state index is 0.679. The normalized spacial score (nSPS) is 11.2. The molecule has 0 saturated heterocycles. The zero-order chi connectivity index (χ0) is 19.1. The number of para-hydroxylation sites is 2. The molecule has 2 nitrogen and oxygen atoms in total. The summed E-state index contributed by atoms with van der Waals surface area (Å²) in [5, 5.41) is 2.84. The molecule has 0 aliphatic carbocycles. The summed E-state index contributed by atoms with van der Waals surface area (Å²) in [6, 6.07) is 31.0. The number of aryl methyl sites for hydroxylation is 1. The number of halogens is 1. The Labute approximate surface area is 168 Å². The maximum absolute atomic E-state index is 6.15. The summed E-state index contributed by atoms with van der Waals surface area (Å²) < 4.78 is 6.06. The first-order chi connectivity index (χ1) is 13.7. The summed E-state index contributed by atoms with van der Waals surface area (Å²) in [6.07, 6.45) is 0. The molecule has 0 amide bonds. The van der Waals surface area contributed by atoms with E-state index in [0.717, 1.165) is 44.6 Å². The fraction of sp³-hybridized carbons (Fsp3) is 0.0400. The zero-order valence-electron chi connectivity index (χ0n) is 15.4. The zero-order valence-corrected chi connectivity index (χ0v) is 16.1. The summed E-state index contributed by atoms with van der Waals surface area (Å²) in [5.74, 6) is 0. The molecular formula is C25H18ClNO. The summed E-state index contributed by atoms with van der Waals surface area (Å²) >= 11 is 6.15. The third-order valence-electron chi connectivity index (χ3n) is 5.02. The van der Waals surface area contributed by atoms with Gasteiger partial charge in [-0.3, -0.25) is 0 Å². The maximum atomic E-state index is 6.15. The molecule has 28 heavy (non-hydrogen) atoms. The van der Waals surface area contributed by atoms with Crippen molar-refractivity contribution in [2.45, 2.75) is 6.92 Å². The molecule has 136 valence electrons. The molecule has 5 rings (SSSR count). The number of benzene rings is 4. The number of rotatable bonds is 3. The second kappa shape index (κ2) is 6.74. The monoisotopic (exact) mass is 383 g/mol. The molecule has 0 saturated carbocycles. The first-order valence-electron chi connectivity index (χ1n) is 9.23. The van der Waals surface area contributed by atoms with Gasteiger partial charge in [-0.25, -0.2) is 0 Å². The van der Waals surface area contributed by atoms with Crippen molar-refractivity contribution in [1.82, 2.24) is 0 Å². The Morgan fingerprint density at radius 3 is 1.93 bits per heavy atom. The largest absolute Gasteiger partial charge is 0.456 e. The van der Waals surface area contributed by atoms with Crippen molar-refractivity contribution in [3.05, 3.63) is 102 Å². The van der Waals surface area contributed by atoms with Crippen LogP contribution < -0.4 is 4.90 Å². The van der Waals surface area contributed by atoms with Gasteiger partial charge in [0.2, 0.25) is 0 Å². The van der Waals surface area contributed by atoms with Gasteiger partial charge in [-0.1, -0.05) is 48.0 Å². The van der Waals surface area contributed by atoms with Crippen LogP contribution in [0.25, 0.3) is 21.9 Å². The Bertz CT molecular complexity index is 1240. The van der Waals surface area contributed by atoms with E-state index in [1.54, 1.807) is 0 Å². The number of fused-ring (bicyclic) bond motifs is 3. The van der Waals surface area contributed by atoms with Crippen molar-refractivity contribution in [2.75, 3.05) is 4.90 Å². The Morgan fingerprint density at radius 1 is 0.679 bits per heavy atom. The smallest absolute Gasteiger partial charge is 0.136 e.